The maximum Gasteiger partial charge on any atom is 0.137 e. The third-order valence-corrected chi connectivity index (χ3v) is 6.68. The quantitative estimate of drug-likeness (QED) is 0.368. The minimum Gasteiger partial charge on any atom is -0.491 e. The van der Waals surface area contributed by atoms with E-state index < -0.39 is 6.10 Å². The minimum atomic E-state index is -0.478. The van der Waals surface area contributed by atoms with E-state index in [1.165, 1.54) is 37.7 Å². The van der Waals surface area contributed by atoms with Gasteiger partial charge in [-0.05, 0) is 66.7 Å². The zero-order valence-corrected chi connectivity index (χ0v) is 20.4. The number of benzene rings is 1. The Bertz CT molecular complexity index is 652. The Kier molecular flexibility index (Phi) is 8.59. The summed E-state index contributed by atoms with van der Waals surface area (Å²) in [5.41, 5.74) is 1.75. The van der Waals surface area contributed by atoms with Crippen molar-refractivity contribution < 1.29 is 14.3 Å². The fourth-order valence-corrected chi connectivity index (χ4v) is 5.53. The van der Waals surface area contributed by atoms with Gasteiger partial charge in [0.2, 0.25) is 0 Å². The summed E-state index contributed by atoms with van der Waals surface area (Å²) < 4.78 is 6.83. The van der Waals surface area contributed by atoms with Crippen LogP contribution in [0.15, 0.2) is 36.9 Å². The van der Waals surface area contributed by atoms with Crippen molar-refractivity contribution in [2.24, 2.45) is 5.41 Å². The molecule has 1 aromatic carbocycles. The molecule has 1 fully saturated rings. The Morgan fingerprint density at radius 2 is 1.70 bits per heavy atom. The fraction of sp³-hybridized carbons (Fsp3) is 0.704. The third-order valence-electron chi connectivity index (χ3n) is 6.68. The topological polar surface area (TPSA) is 29.5 Å². The first-order valence-electron chi connectivity index (χ1n) is 11.8. The number of ether oxygens (including phenoxy) is 1. The maximum atomic E-state index is 10.7. The zero-order chi connectivity index (χ0) is 22.4. The molecule has 3 nitrogen and oxygen atoms in total. The van der Waals surface area contributed by atoms with Gasteiger partial charge in [-0.25, -0.2) is 0 Å². The predicted octanol–water partition coefficient (Wildman–Crippen LogP) is 6.11. The second kappa shape index (κ2) is 10.3. The van der Waals surface area contributed by atoms with Crippen LogP contribution in [0, 0.1) is 5.41 Å². The largest absolute Gasteiger partial charge is 0.491 e. The van der Waals surface area contributed by atoms with Crippen molar-refractivity contribution in [2.45, 2.75) is 90.7 Å². The van der Waals surface area contributed by atoms with Crippen LogP contribution in [0.2, 0.25) is 0 Å². The summed E-state index contributed by atoms with van der Waals surface area (Å²) in [5, 5.41) is 10.7. The van der Waals surface area contributed by atoms with Crippen LogP contribution < -0.4 is 4.74 Å². The predicted molar refractivity (Wildman–Crippen MR) is 128 cm³/mol. The standard InChI is InChI=1S/C27H46NO2/c1-8-18-28(7,23-12-10-9-11-13-23)19-24(29)20-30-25-16-14-22(15-17-25)27(5,6)21-26(2,3)4/h8,14-17,23-24,29H,1,9-13,18-21H2,2-7H3/q+1/t24-,28-/m0/s1. The van der Waals surface area contributed by atoms with Crippen LogP contribution in [0.25, 0.3) is 0 Å². The molecule has 0 aliphatic heterocycles. The first-order chi connectivity index (χ1) is 14.0. The van der Waals surface area contributed by atoms with Crippen molar-refractivity contribution in [3.8, 4) is 5.75 Å². The van der Waals surface area contributed by atoms with E-state index in [0.717, 1.165) is 23.2 Å². The number of hydrogen-bond acceptors (Lipinski definition) is 2. The molecular formula is C27H46NO2+. The van der Waals surface area contributed by atoms with Crippen LogP contribution in [0.3, 0.4) is 0 Å². The Hall–Kier alpha value is -1.32. The molecule has 2 rings (SSSR count). The van der Waals surface area contributed by atoms with Gasteiger partial charge < -0.3 is 14.3 Å². The fourth-order valence-electron chi connectivity index (χ4n) is 5.53. The van der Waals surface area contributed by atoms with E-state index >= 15 is 0 Å². The van der Waals surface area contributed by atoms with Gasteiger partial charge in [0.05, 0.1) is 19.6 Å². The normalized spacial score (nSPS) is 19.2. The molecule has 0 saturated heterocycles. The molecule has 1 aromatic rings. The van der Waals surface area contributed by atoms with E-state index in [-0.39, 0.29) is 10.8 Å². The highest BCUT2D eigenvalue weighted by molar-refractivity contribution is 5.31. The van der Waals surface area contributed by atoms with Crippen LogP contribution in [-0.2, 0) is 5.41 Å². The molecule has 0 aromatic heterocycles. The number of likely N-dealkylation sites (N-methyl/N-ethyl adjacent to an activating group) is 1. The molecule has 1 saturated carbocycles. The minimum absolute atomic E-state index is 0.125. The van der Waals surface area contributed by atoms with Gasteiger partial charge in [-0.15, -0.1) is 0 Å². The molecular weight excluding hydrogens is 370 g/mol. The van der Waals surface area contributed by atoms with Gasteiger partial charge in [0, 0.05) is 0 Å². The molecule has 2 atom stereocenters. The summed E-state index contributed by atoms with van der Waals surface area (Å²) in [4.78, 5) is 0. The summed E-state index contributed by atoms with van der Waals surface area (Å²) in [6, 6.07) is 9.06. The number of nitrogens with zero attached hydrogens (tertiary/aromatic N) is 1. The van der Waals surface area contributed by atoms with E-state index in [0.29, 0.717) is 19.2 Å². The summed E-state index contributed by atoms with van der Waals surface area (Å²) in [5.74, 6) is 0.833. The van der Waals surface area contributed by atoms with Crippen molar-refractivity contribution in [2.75, 3.05) is 26.7 Å². The van der Waals surface area contributed by atoms with E-state index in [9.17, 15) is 5.11 Å². The zero-order valence-electron chi connectivity index (χ0n) is 20.4. The third kappa shape index (κ3) is 7.42. The van der Waals surface area contributed by atoms with Crippen molar-refractivity contribution in [1.29, 1.82) is 0 Å². The molecule has 0 bridgehead atoms. The highest BCUT2D eigenvalue weighted by atomic mass is 16.5. The summed E-state index contributed by atoms with van der Waals surface area (Å²) in [6.45, 7) is 17.4. The molecule has 0 unspecified atom stereocenters. The highest BCUT2D eigenvalue weighted by Gasteiger charge is 2.35. The SMILES string of the molecule is C=CC[N@@+](C)(C[C@H](O)COc1ccc(C(C)(C)CC(C)(C)C)cc1)C1CCCCC1. The van der Waals surface area contributed by atoms with E-state index in [4.69, 9.17) is 4.74 Å². The van der Waals surface area contributed by atoms with Gasteiger partial charge in [0.25, 0.3) is 0 Å². The molecule has 30 heavy (non-hydrogen) atoms. The molecule has 0 heterocycles. The molecule has 1 N–H and O–H groups in total. The molecule has 0 radical (unpaired) electrons. The van der Waals surface area contributed by atoms with E-state index in [2.05, 4.69) is 60.4 Å². The van der Waals surface area contributed by atoms with Gasteiger partial charge in [0.1, 0.15) is 25.0 Å². The number of hydrogen-bond donors (Lipinski definition) is 1. The lowest BCUT2D eigenvalue weighted by Crippen LogP contribution is -2.57. The highest BCUT2D eigenvalue weighted by Crippen LogP contribution is 2.36. The van der Waals surface area contributed by atoms with Crippen LogP contribution in [0.1, 0.15) is 78.7 Å². The first-order valence-corrected chi connectivity index (χ1v) is 11.8. The average molecular weight is 417 g/mol. The molecule has 1 aliphatic rings. The maximum absolute atomic E-state index is 10.7. The Morgan fingerprint density at radius 1 is 1.10 bits per heavy atom. The van der Waals surface area contributed by atoms with Gasteiger partial charge in [-0.3, -0.25) is 0 Å². The summed E-state index contributed by atoms with van der Waals surface area (Å²) >= 11 is 0. The Labute approximate surface area is 185 Å². The smallest absolute Gasteiger partial charge is 0.137 e. The second-order valence-corrected chi connectivity index (χ2v) is 11.5. The van der Waals surface area contributed by atoms with Crippen molar-refractivity contribution in [1.82, 2.24) is 0 Å². The Balaban J connectivity index is 1.93. The monoisotopic (exact) mass is 416 g/mol. The van der Waals surface area contributed by atoms with Crippen molar-refractivity contribution in [3.05, 3.63) is 42.5 Å². The average Bonchev–Trinajstić information content (AvgIpc) is 2.66. The lowest BCUT2D eigenvalue weighted by atomic mass is 9.72. The molecule has 0 amide bonds. The number of aliphatic hydroxyl groups is 1. The summed E-state index contributed by atoms with van der Waals surface area (Å²) in [7, 11) is 2.27. The Morgan fingerprint density at radius 3 is 2.23 bits per heavy atom. The van der Waals surface area contributed by atoms with E-state index in [1.54, 1.807) is 0 Å². The second-order valence-electron chi connectivity index (χ2n) is 11.5. The van der Waals surface area contributed by atoms with Gasteiger partial charge in [-0.1, -0.05) is 59.8 Å². The molecule has 1 aliphatic carbocycles. The van der Waals surface area contributed by atoms with Crippen LogP contribution in [-0.4, -0.2) is 48.5 Å². The van der Waals surface area contributed by atoms with Crippen molar-refractivity contribution >= 4 is 0 Å². The summed E-state index contributed by atoms with van der Waals surface area (Å²) in [6.07, 6.45) is 9.11. The molecule has 0 spiro atoms. The number of aliphatic hydroxyl groups excluding tert-OH is 1. The van der Waals surface area contributed by atoms with Crippen LogP contribution in [0.4, 0.5) is 0 Å². The number of rotatable bonds is 10. The van der Waals surface area contributed by atoms with Crippen LogP contribution >= 0.6 is 0 Å². The first kappa shape index (κ1) is 24.9. The van der Waals surface area contributed by atoms with Gasteiger partial charge in [0.15, 0.2) is 0 Å². The van der Waals surface area contributed by atoms with Crippen LogP contribution in [0.5, 0.6) is 5.75 Å². The van der Waals surface area contributed by atoms with Crippen molar-refractivity contribution in [3.63, 3.8) is 0 Å². The van der Waals surface area contributed by atoms with Gasteiger partial charge in [-0.2, -0.15) is 0 Å². The van der Waals surface area contributed by atoms with E-state index in [1.807, 2.05) is 18.2 Å². The molecule has 3 heteroatoms. The molecule has 170 valence electrons. The lowest BCUT2D eigenvalue weighted by molar-refractivity contribution is -0.932. The lowest BCUT2D eigenvalue weighted by Gasteiger charge is -2.43. The van der Waals surface area contributed by atoms with Gasteiger partial charge >= 0.3 is 0 Å². The number of quaternary nitrogens is 1.